The van der Waals surface area contributed by atoms with E-state index in [4.69, 9.17) is 0 Å². The van der Waals surface area contributed by atoms with Crippen LogP contribution in [0.5, 0.6) is 0 Å². The molecule has 5 aromatic rings. The van der Waals surface area contributed by atoms with E-state index >= 15 is 0 Å². The summed E-state index contributed by atoms with van der Waals surface area (Å²) in [6.45, 7) is 3.83. The van der Waals surface area contributed by atoms with Gasteiger partial charge in [-0.25, -0.2) is 24.0 Å². The van der Waals surface area contributed by atoms with Gasteiger partial charge in [0.05, 0.1) is 17.3 Å². The molecule has 10 nitrogen and oxygen atoms in total. The smallest absolute Gasteiger partial charge is 0.270 e. The molecule has 194 valence electrons. The monoisotopic (exact) mass is 522 g/mol. The van der Waals surface area contributed by atoms with Crippen LogP contribution in [-0.2, 0) is 23.3 Å². The summed E-state index contributed by atoms with van der Waals surface area (Å²) in [7, 11) is 0. The van der Waals surface area contributed by atoms with Crippen molar-refractivity contribution in [2.75, 3.05) is 5.32 Å². The number of benzene rings is 1. The number of pyridine rings is 2. The summed E-state index contributed by atoms with van der Waals surface area (Å²) in [6, 6.07) is 13.6. The number of aromatic nitrogens is 6. The van der Waals surface area contributed by atoms with Crippen molar-refractivity contribution in [1.82, 2.24) is 35.0 Å². The van der Waals surface area contributed by atoms with Crippen LogP contribution in [0.4, 0.5) is 10.2 Å². The molecule has 4 aromatic heterocycles. The number of nitrogens with one attached hydrogen (secondary N) is 2. The highest BCUT2D eigenvalue weighted by Crippen LogP contribution is 2.39. The van der Waals surface area contributed by atoms with Crippen molar-refractivity contribution in [3.8, 4) is 11.5 Å². The first-order valence-corrected chi connectivity index (χ1v) is 12.3. The minimum absolute atomic E-state index is 0.0769. The van der Waals surface area contributed by atoms with Gasteiger partial charge in [0.2, 0.25) is 5.91 Å². The van der Waals surface area contributed by atoms with Gasteiger partial charge in [-0.3, -0.25) is 14.6 Å². The Morgan fingerprint density at radius 3 is 2.64 bits per heavy atom. The van der Waals surface area contributed by atoms with Gasteiger partial charge >= 0.3 is 0 Å². The summed E-state index contributed by atoms with van der Waals surface area (Å²) in [4.78, 5) is 44.0. The van der Waals surface area contributed by atoms with E-state index in [2.05, 4.69) is 35.7 Å². The zero-order valence-corrected chi connectivity index (χ0v) is 21.1. The number of amides is 2. The van der Waals surface area contributed by atoms with Crippen molar-refractivity contribution < 1.29 is 14.0 Å². The van der Waals surface area contributed by atoms with Crippen LogP contribution in [-0.4, -0.2) is 41.5 Å². The molecule has 2 amide bonds. The first-order chi connectivity index (χ1) is 18.8. The summed E-state index contributed by atoms with van der Waals surface area (Å²) >= 11 is 0. The molecule has 0 aliphatic carbocycles. The minimum Gasteiger partial charge on any atom is -0.347 e. The predicted octanol–water partition coefficient (Wildman–Crippen LogP) is 3.63. The molecule has 0 atom stereocenters. The molecular weight excluding hydrogens is 499 g/mol. The van der Waals surface area contributed by atoms with Crippen LogP contribution in [0.2, 0.25) is 0 Å². The van der Waals surface area contributed by atoms with Crippen LogP contribution < -0.4 is 10.6 Å². The summed E-state index contributed by atoms with van der Waals surface area (Å²) in [5.41, 5.74) is 1.64. The lowest BCUT2D eigenvalue weighted by molar-refractivity contribution is -0.119. The fraction of sp³-hybridized carbons (Fsp3) is 0.179. The van der Waals surface area contributed by atoms with E-state index in [0.717, 1.165) is 5.56 Å². The molecule has 6 rings (SSSR count). The highest BCUT2D eigenvalue weighted by Gasteiger charge is 2.44. The lowest BCUT2D eigenvalue weighted by atomic mass is 9.85. The highest BCUT2D eigenvalue weighted by molar-refractivity contribution is 6.09. The topological polar surface area (TPSA) is 128 Å². The SMILES string of the molecule is CC1(C)C(=O)Nc2nc(-c3nn(Cc4ccccc4F)c4ncccc34)nc(C(=O)NCc3ccncc3)c21. The van der Waals surface area contributed by atoms with E-state index in [0.29, 0.717) is 27.9 Å². The predicted molar refractivity (Wildman–Crippen MR) is 141 cm³/mol. The van der Waals surface area contributed by atoms with Crippen LogP contribution in [0.15, 0.2) is 67.1 Å². The van der Waals surface area contributed by atoms with Crippen molar-refractivity contribution in [2.24, 2.45) is 0 Å². The molecule has 0 spiro atoms. The maximum Gasteiger partial charge on any atom is 0.270 e. The number of hydrogen-bond acceptors (Lipinski definition) is 7. The number of halogens is 1. The quantitative estimate of drug-likeness (QED) is 0.349. The van der Waals surface area contributed by atoms with Crippen LogP contribution in [0.3, 0.4) is 0 Å². The molecule has 0 unspecified atom stereocenters. The van der Waals surface area contributed by atoms with E-state index in [-0.39, 0.29) is 42.2 Å². The maximum atomic E-state index is 14.4. The number of hydrogen-bond donors (Lipinski definition) is 2. The number of carbonyl (C=O) groups excluding carboxylic acids is 2. The molecule has 1 aliphatic rings. The van der Waals surface area contributed by atoms with Crippen LogP contribution >= 0.6 is 0 Å². The first-order valence-electron chi connectivity index (χ1n) is 12.3. The summed E-state index contributed by atoms with van der Waals surface area (Å²) in [5, 5.41) is 11.0. The van der Waals surface area contributed by atoms with E-state index in [9.17, 15) is 14.0 Å². The van der Waals surface area contributed by atoms with E-state index in [1.807, 2.05) is 6.07 Å². The van der Waals surface area contributed by atoms with Crippen molar-refractivity contribution in [3.63, 3.8) is 0 Å². The molecule has 11 heteroatoms. The van der Waals surface area contributed by atoms with Crippen molar-refractivity contribution in [2.45, 2.75) is 32.4 Å². The molecular formula is C28H23FN8O2. The van der Waals surface area contributed by atoms with E-state index in [1.165, 1.54) is 6.07 Å². The molecule has 1 aliphatic heterocycles. The summed E-state index contributed by atoms with van der Waals surface area (Å²) in [5.74, 6) is -0.699. The average molecular weight is 523 g/mol. The van der Waals surface area contributed by atoms with Crippen LogP contribution in [0, 0.1) is 5.82 Å². The van der Waals surface area contributed by atoms with E-state index < -0.39 is 11.3 Å². The average Bonchev–Trinajstić information content (AvgIpc) is 3.42. The third kappa shape index (κ3) is 4.27. The van der Waals surface area contributed by atoms with Crippen LogP contribution in [0.1, 0.15) is 41.0 Å². The van der Waals surface area contributed by atoms with Gasteiger partial charge in [-0.15, -0.1) is 0 Å². The van der Waals surface area contributed by atoms with Gasteiger partial charge in [0.25, 0.3) is 5.91 Å². The second-order valence-corrected chi connectivity index (χ2v) is 9.71. The number of anilines is 1. The van der Waals surface area contributed by atoms with Gasteiger partial charge < -0.3 is 10.6 Å². The molecule has 0 fully saturated rings. The molecule has 0 bridgehead atoms. The highest BCUT2D eigenvalue weighted by atomic mass is 19.1. The molecule has 0 radical (unpaired) electrons. The number of fused-ring (bicyclic) bond motifs is 2. The molecule has 5 heterocycles. The van der Waals surface area contributed by atoms with Gasteiger partial charge in [-0.05, 0) is 49.7 Å². The lowest BCUT2D eigenvalue weighted by Crippen LogP contribution is -2.31. The fourth-order valence-corrected chi connectivity index (χ4v) is 4.63. The molecule has 2 N–H and O–H groups in total. The Morgan fingerprint density at radius 1 is 1.05 bits per heavy atom. The second kappa shape index (κ2) is 9.35. The number of carbonyl (C=O) groups is 2. The van der Waals surface area contributed by atoms with Gasteiger partial charge in [-0.1, -0.05) is 18.2 Å². The maximum absolute atomic E-state index is 14.4. The Labute approximate surface area is 222 Å². The number of nitrogens with zero attached hydrogens (tertiary/aromatic N) is 6. The van der Waals surface area contributed by atoms with Gasteiger partial charge in [-0.2, -0.15) is 5.10 Å². The Kier molecular flexibility index (Phi) is 5.82. The van der Waals surface area contributed by atoms with Gasteiger partial charge in [0.15, 0.2) is 11.5 Å². The van der Waals surface area contributed by atoms with Crippen molar-refractivity contribution in [1.29, 1.82) is 0 Å². The third-order valence-corrected chi connectivity index (χ3v) is 6.75. The largest absolute Gasteiger partial charge is 0.347 e. The first kappa shape index (κ1) is 24.3. The Balaban J connectivity index is 1.46. The molecule has 39 heavy (non-hydrogen) atoms. The van der Waals surface area contributed by atoms with Gasteiger partial charge in [0, 0.05) is 36.3 Å². The second-order valence-electron chi connectivity index (χ2n) is 9.71. The zero-order chi connectivity index (χ0) is 27.1. The zero-order valence-electron chi connectivity index (χ0n) is 21.1. The molecule has 1 aromatic carbocycles. The van der Waals surface area contributed by atoms with Crippen molar-refractivity contribution in [3.05, 3.63) is 95.3 Å². The van der Waals surface area contributed by atoms with Crippen molar-refractivity contribution >= 4 is 28.7 Å². The summed E-state index contributed by atoms with van der Waals surface area (Å²) in [6.07, 6.45) is 4.91. The Bertz CT molecular complexity index is 1750. The van der Waals surface area contributed by atoms with Crippen LogP contribution in [0.25, 0.3) is 22.6 Å². The Morgan fingerprint density at radius 2 is 1.85 bits per heavy atom. The van der Waals surface area contributed by atoms with E-state index in [1.54, 1.807) is 73.5 Å². The standard InChI is InChI=1S/C28H23FN8O2/c1-28(2)20-22(26(38)32-14-16-9-12-30-13-10-16)33-24(34-23(20)35-27(28)39)21-18-7-5-11-31-25(18)37(36-21)15-17-6-3-4-8-19(17)29/h3-13H,14-15H2,1-2H3,(H,32,38)(H,33,34,35,39). The fourth-order valence-electron chi connectivity index (χ4n) is 4.63. The third-order valence-electron chi connectivity index (χ3n) is 6.75. The normalized spacial score (nSPS) is 13.8. The molecule has 0 saturated carbocycles. The summed E-state index contributed by atoms with van der Waals surface area (Å²) < 4.78 is 16.0. The Hall–Kier alpha value is -5.06. The lowest BCUT2D eigenvalue weighted by Gasteiger charge is -2.18. The van der Waals surface area contributed by atoms with Gasteiger partial charge in [0.1, 0.15) is 23.0 Å². The number of rotatable bonds is 6. The molecule has 0 saturated heterocycles. The minimum atomic E-state index is -1.02.